The highest BCUT2D eigenvalue weighted by Gasteiger charge is 2.13. The average molecular weight is 289 g/mol. The lowest BCUT2D eigenvalue weighted by atomic mass is 10.0. The number of rotatable bonds is 8. The molecule has 1 aromatic heterocycles. The normalized spacial score (nSPS) is 13.2. The van der Waals surface area contributed by atoms with Crippen LogP contribution < -0.4 is 5.32 Å². The molecule has 1 unspecified atom stereocenters. The number of fused-ring (bicyclic) bond motifs is 1. The highest BCUT2D eigenvalue weighted by atomic mass is 16.3. The molecule has 2 N–H and O–H groups in total. The van der Waals surface area contributed by atoms with Crippen molar-refractivity contribution < 1.29 is 5.11 Å². The SMILES string of the molecule is CCCn1c(CNC(CO)CC(C)C)nc2ccccc21. The van der Waals surface area contributed by atoms with Crippen LogP contribution in [0, 0.1) is 5.92 Å². The van der Waals surface area contributed by atoms with Crippen molar-refractivity contribution in [2.75, 3.05) is 6.61 Å². The van der Waals surface area contributed by atoms with E-state index < -0.39 is 0 Å². The Morgan fingerprint density at radius 3 is 2.71 bits per heavy atom. The van der Waals surface area contributed by atoms with E-state index in [-0.39, 0.29) is 12.6 Å². The molecule has 0 aliphatic heterocycles. The van der Waals surface area contributed by atoms with Gasteiger partial charge >= 0.3 is 0 Å². The highest BCUT2D eigenvalue weighted by molar-refractivity contribution is 5.75. The molecule has 0 saturated heterocycles. The molecule has 21 heavy (non-hydrogen) atoms. The molecular formula is C17H27N3O. The van der Waals surface area contributed by atoms with Crippen molar-refractivity contribution in [2.45, 2.75) is 52.7 Å². The molecule has 1 atom stereocenters. The summed E-state index contributed by atoms with van der Waals surface area (Å²) in [4.78, 5) is 4.74. The summed E-state index contributed by atoms with van der Waals surface area (Å²) in [5.74, 6) is 1.63. The number of para-hydroxylation sites is 2. The van der Waals surface area contributed by atoms with Gasteiger partial charge in [0.2, 0.25) is 0 Å². The van der Waals surface area contributed by atoms with Gasteiger partial charge in [0.1, 0.15) is 5.82 Å². The first-order valence-corrected chi connectivity index (χ1v) is 7.94. The van der Waals surface area contributed by atoms with E-state index in [0.717, 1.165) is 30.7 Å². The van der Waals surface area contributed by atoms with Gasteiger partial charge in [-0.15, -0.1) is 0 Å². The molecule has 4 heteroatoms. The van der Waals surface area contributed by atoms with E-state index in [0.29, 0.717) is 12.5 Å². The van der Waals surface area contributed by atoms with E-state index in [2.05, 4.69) is 48.9 Å². The second-order valence-electron chi connectivity index (χ2n) is 6.06. The number of nitrogens with one attached hydrogen (secondary N) is 1. The number of hydrogen-bond acceptors (Lipinski definition) is 3. The molecule has 1 aromatic carbocycles. The second kappa shape index (κ2) is 7.57. The highest BCUT2D eigenvalue weighted by Crippen LogP contribution is 2.17. The van der Waals surface area contributed by atoms with Gasteiger partial charge in [0.15, 0.2) is 0 Å². The van der Waals surface area contributed by atoms with Gasteiger partial charge in [0.25, 0.3) is 0 Å². The van der Waals surface area contributed by atoms with E-state index >= 15 is 0 Å². The van der Waals surface area contributed by atoms with Gasteiger partial charge in [-0.3, -0.25) is 0 Å². The summed E-state index contributed by atoms with van der Waals surface area (Å²) < 4.78 is 2.28. The van der Waals surface area contributed by atoms with Crippen molar-refractivity contribution in [2.24, 2.45) is 5.92 Å². The summed E-state index contributed by atoms with van der Waals surface area (Å²) in [7, 11) is 0. The minimum Gasteiger partial charge on any atom is -0.395 e. The molecular weight excluding hydrogens is 262 g/mol. The lowest BCUT2D eigenvalue weighted by molar-refractivity contribution is 0.222. The molecule has 0 spiro atoms. The zero-order chi connectivity index (χ0) is 15.2. The van der Waals surface area contributed by atoms with Crippen LogP contribution in [0.5, 0.6) is 0 Å². The molecule has 0 aliphatic rings. The third-order valence-electron chi connectivity index (χ3n) is 3.71. The van der Waals surface area contributed by atoms with Crippen molar-refractivity contribution in [1.82, 2.24) is 14.9 Å². The van der Waals surface area contributed by atoms with Crippen LogP contribution in [0.25, 0.3) is 11.0 Å². The molecule has 0 fully saturated rings. The number of nitrogens with zero attached hydrogens (tertiary/aromatic N) is 2. The number of aliphatic hydroxyl groups excluding tert-OH is 1. The van der Waals surface area contributed by atoms with Crippen molar-refractivity contribution in [3.05, 3.63) is 30.1 Å². The van der Waals surface area contributed by atoms with Crippen molar-refractivity contribution >= 4 is 11.0 Å². The Kier molecular flexibility index (Phi) is 5.76. The summed E-state index contributed by atoms with van der Waals surface area (Å²) in [6.07, 6.45) is 2.06. The number of aryl methyl sites for hydroxylation is 1. The topological polar surface area (TPSA) is 50.1 Å². The largest absolute Gasteiger partial charge is 0.395 e. The second-order valence-corrected chi connectivity index (χ2v) is 6.06. The number of aliphatic hydroxyl groups is 1. The van der Waals surface area contributed by atoms with Crippen LogP contribution in [0.4, 0.5) is 0 Å². The Hall–Kier alpha value is -1.39. The Morgan fingerprint density at radius 1 is 1.29 bits per heavy atom. The molecule has 0 aliphatic carbocycles. The minimum absolute atomic E-state index is 0.139. The third kappa shape index (κ3) is 4.05. The van der Waals surface area contributed by atoms with E-state index in [1.54, 1.807) is 0 Å². The first kappa shape index (κ1) is 16.0. The number of imidazole rings is 1. The molecule has 0 amide bonds. The van der Waals surface area contributed by atoms with Crippen LogP contribution in [-0.4, -0.2) is 27.3 Å². The van der Waals surface area contributed by atoms with E-state index in [1.807, 2.05) is 6.07 Å². The van der Waals surface area contributed by atoms with Crippen LogP contribution in [0.3, 0.4) is 0 Å². The summed E-state index contributed by atoms with van der Waals surface area (Å²) in [5.41, 5.74) is 2.24. The van der Waals surface area contributed by atoms with Gasteiger partial charge in [-0.2, -0.15) is 0 Å². The van der Waals surface area contributed by atoms with Crippen LogP contribution in [-0.2, 0) is 13.1 Å². The van der Waals surface area contributed by atoms with Gasteiger partial charge in [0, 0.05) is 12.6 Å². The quantitative estimate of drug-likeness (QED) is 0.785. The van der Waals surface area contributed by atoms with Crippen molar-refractivity contribution in [3.63, 3.8) is 0 Å². The summed E-state index contributed by atoms with van der Waals surface area (Å²) in [5, 5.41) is 12.9. The van der Waals surface area contributed by atoms with Gasteiger partial charge in [-0.05, 0) is 30.9 Å². The number of benzene rings is 1. The first-order chi connectivity index (χ1) is 10.2. The summed E-state index contributed by atoms with van der Waals surface area (Å²) in [6.45, 7) is 8.39. The monoisotopic (exact) mass is 289 g/mol. The fraction of sp³-hybridized carbons (Fsp3) is 0.588. The number of hydrogen-bond donors (Lipinski definition) is 2. The van der Waals surface area contributed by atoms with E-state index in [1.165, 1.54) is 5.52 Å². The Morgan fingerprint density at radius 2 is 2.05 bits per heavy atom. The molecule has 0 bridgehead atoms. The Balaban J connectivity index is 2.15. The molecule has 4 nitrogen and oxygen atoms in total. The summed E-state index contributed by atoms with van der Waals surface area (Å²) >= 11 is 0. The fourth-order valence-corrected chi connectivity index (χ4v) is 2.76. The fourth-order valence-electron chi connectivity index (χ4n) is 2.76. The standard InChI is InChI=1S/C17H27N3O/c1-4-9-20-16-8-6-5-7-15(16)19-17(20)11-18-14(12-21)10-13(2)3/h5-8,13-14,18,21H,4,9-12H2,1-3H3. The lowest BCUT2D eigenvalue weighted by Gasteiger charge is -2.18. The van der Waals surface area contributed by atoms with Crippen LogP contribution in [0.15, 0.2) is 24.3 Å². The van der Waals surface area contributed by atoms with Crippen LogP contribution in [0.2, 0.25) is 0 Å². The molecule has 116 valence electrons. The van der Waals surface area contributed by atoms with Crippen LogP contribution >= 0.6 is 0 Å². The zero-order valence-corrected chi connectivity index (χ0v) is 13.3. The zero-order valence-electron chi connectivity index (χ0n) is 13.3. The summed E-state index contributed by atoms with van der Waals surface area (Å²) in [6, 6.07) is 8.41. The Bertz CT molecular complexity index is 562. The van der Waals surface area contributed by atoms with Crippen molar-refractivity contribution in [1.29, 1.82) is 0 Å². The molecule has 1 heterocycles. The maximum Gasteiger partial charge on any atom is 0.123 e. The average Bonchev–Trinajstić information content (AvgIpc) is 2.82. The molecule has 0 saturated carbocycles. The smallest absolute Gasteiger partial charge is 0.123 e. The minimum atomic E-state index is 0.139. The maximum absolute atomic E-state index is 9.48. The molecule has 2 rings (SSSR count). The van der Waals surface area contributed by atoms with E-state index in [4.69, 9.17) is 4.98 Å². The maximum atomic E-state index is 9.48. The van der Waals surface area contributed by atoms with Gasteiger partial charge < -0.3 is 15.0 Å². The van der Waals surface area contributed by atoms with Gasteiger partial charge in [-0.25, -0.2) is 4.98 Å². The number of aromatic nitrogens is 2. The molecule has 2 aromatic rings. The lowest BCUT2D eigenvalue weighted by Crippen LogP contribution is -2.34. The predicted octanol–water partition coefficient (Wildman–Crippen LogP) is 2.94. The van der Waals surface area contributed by atoms with Crippen LogP contribution in [0.1, 0.15) is 39.4 Å². The molecule has 0 radical (unpaired) electrons. The first-order valence-electron chi connectivity index (χ1n) is 7.94. The van der Waals surface area contributed by atoms with Gasteiger partial charge in [0.05, 0.1) is 24.2 Å². The Labute approximate surface area is 127 Å². The van der Waals surface area contributed by atoms with E-state index in [9.17, 15) is 5.11 Å². The predicted molar refractivity (Wildman–Crippen MR) is 87.2 cm³/mol. The van der Waals surface area contributed by atoms with Gasteiger partial charge in [-0.1, -0.05) is 32.9 Å². The van der Waals surface area contributed by atoms with Crippen molar-refractivity contribution in [3.8, 4) is 0 Å². The third-order valence-corrected chi connectivity index (χ3v) is 3.71.